The van der Waals surface area contributed by atoms with E-state index in [1.165, 1.54) is 51.4 Å². The van der Waals surface area contributed by atoms with Crippen LogP contribution in [0.25, 0.3) is 0 Å². The molecule has 2 aliphatic rings. The minimum absolute atomic E-state index is 0.574. The summed E-state index contributed by atoms with van der Waals surface area (Å²) in [4.78, 5) is 0. The molecule has 2 aromatic rings. The van der Waals surface area contributed by atoms with Crippen molar-refractivity contribution in [2.75, 3.05) is 0 Å². The van der Waals surface area contributed by atoms with E-state index >= 15 is 0 Å². The van der Waals surface area contributed by atoms with E-state index in [2.05, 4.69) is 30.0 Å². The van der Waals surface area contributed by atoms with E-state index < -0.39 is 0 Å². The molecule has 4 rings (SSSR count). The Labute approximate surface area is 130 Å². The van der Waals surface area contributed by atoms with Crippen LogP contribution in [0.4, 0.5) is 0 Å². The summed E-state index contributed by atoms with van der Waals surface area (Å²) in [6.45, 7) is 0. The van der Waals surface area contributed by atoms with Crippen molar-refractivity contribution in [2.24, 2.45) is 11.8 Å². The Balaban J connectivity index is 1.28. The number of rotatable bonds is 3. The Kier molecular flexibility index (Phi) is 3.91. The SMILES string of the molecule is c1cn(C2CCC(C3CCC(n4ccnn4)CC3)CC2)nn1. The smallest absolute Gasteiger partial charge is 0.0693 e. The highest BCUT2D eigenvalue weighted by Gasteiger charge is 2.32. The lowest BCUT2D eigenvalue weighted by Crippen LogP contribution is -2.28. The fourth-order valence-electron chi connectivity index (χ4n) is 4.50. The first-order valence-corrected chi connectivity index (χ1v) is 8.62. The molecular weight excluding hydrogens is 276 g/mol. The highest BCUT2D eigenvalue weighted by molar-refractivity contribution is 4.86. The van der Waals surface area contributed by atoms with Crippen LogP contribution in [0.5, 0.6) is 0 Å². The molecule has 0 aromatic carbocycles. The molecule has 0 bridgehead atoms. The molecule has 0 radical (unpaired) electrons. The highest BCUT2D eigenvalue weighted by atomic mass is 15.4. The molecule has 0 unspecified atom stereocenters. The molecule has 0 spiro atoms. The van der Waals surface area contributed by atoms with Gasteiger partial charge in [0.1, 0.15) is 0 Å². The summed E-state index contributed by atoms with van der Waals surface area (Å²) in [5.74, 6) is 1.83. The highest BCUT2D eigenvalue weighted by Crippen LogP contribution is 2.43. The number of nitrogens with zero attached hydrogens (tertiary/aromatic N) is 6. The molecule has 2 aliphatic carbocycles. The molecular formula is C16H24N6. The van der Waals surface area contributed by atoms with Crippen molar-refractivity contribution in [3.8, 4) is 0 Å². The van der Waals surface area contributed by atoms with E-state index in [0.29, 0.717) is 12.1 Å². The van der Waals surface area contributed by atoms with Crippen LogP contribution < -0.4 is 0 Å². The zero-order valence-corrected chi connectivity index (χ0v) is 13.0. The Morgan fingerprint density at radius 2 is 1.00 bits per heavy atom. The predicted octanol–water partition coefficient (Wildman–Crippen LogP) is 3.03. The third-order valence-electron chi connectivity index (χ3n) is 5.78. The lowest BCUT2D eigenvalue weighted by atomic mass is 9.71. The Morgan fingerprint density at radius 3 is 1.32 bits per heavy atom. The van der Waals surface area contributed by atoms with Crippen molar-refractivity contribution in [3.63, 3.8) is 0 Å². The Morgan fingerprint density at radius 1 is 0.591 bits per heavy atom. The fraction of sp³-hybridized carbons (Fsp3) is 0.750. The number of hydrogen-bond acceptors (Lipinski definition) is 4. The largest absolute Gasteiger partial charge is 0.250 e. The van der Waals surface area contributed by atoms with Gasteiger partial charge in [0.2, 0.25) is 0 Å². The number of aromatic nitrogens is 6. The van der Waals surface area contributed by atoms with Crippen molar-refractivity contribution in [1.29, 1.82) is 0 Å². The molecule has 0 amide bonds. The van der Waals surface area contributed by atoms with Crippen LogP contribution in [0.2, 0.25) is 0 Å². The van der Waals surface area contributed by atoms with Gasteiger partial charge in [-0.1, -0.05) is 10.4 Å². The van der Waals surface area contributed by atoms with Gasteiger partial charge in [-0.15, -0.1) is 10.2 Å². The monoisotopic (exact) mass is 300 g/mol. The summed E-state index contributed by atoms with van der Waals surface area (Å²) in [5.41, 5.74) is 0. The van der Waals surface area contributed by atoms with Crippen molar-refractivity contribution >= 4 is 0 Å². The third-order valence-corrected chi connectivity index (χ3v) is 5.78. The van der Waals surface area contributed by atoms with E-state index in [1.807, 2.05) is 12.4 Å². The topological polar surface area (TPSA) is 61.4 Å². The summed E-state index contributed by atoms with van der Waals surface area (Å²) in [5, 5.41) is 16.2. The minimum atomic E-state index is 0.574. The first kappa shape index (κ1) is 13.9. The zero-order chi connectivity index (χ0) is 14.8. The fourth-order valence-corrected chi connectivity index (χ4v) is 4.50. The predicted molar refractivity (Wildman–Crippen MR) is 82.0 cm³/mol. The average Bonchev–Trinajstić information content (AvgIpc) is 3.29. The summed E-state index contributed by atoms with van der Waals surface area (Å²) in [6.07, 6.45) is 18.0. The van der Waals surface area contributed by atoms with Crippen LogP contribution in [-0.2, 0) is 0 Å². The zero-order valence-electron chi connectivity index (χ0n) is 13.0. The molecule has 0 atom stereocenters. The van der Waals surface area contributed by atoms with E-state index in [0.717, 1.165) is 11.8 Å². The van der Waals surface area contributed by atoms with Crippen LogP contribution in [0.1, 0.15) is 63.5 Å². The molecule has 2 saturated carbocycles. The van der Waals surface area contributed by atoms with Crippen LogP contribution in [0, 0.1) is 11.8 Å². The van der Waals surface area contributed by atoms with Crippen LogP contribution in [0.15, 0.2) is 24.8 Å². The van der Waals surface area contributed by atoms with Gasteiger partial charge in [0.05, 0.1) is 24.5 Å². The maximum atomic E-state index is 4.17. The van der Waals surface area contributed by atoms with E-state index in [4.69, 9.17) is 0 Å². The van der Waals surface area contributed by atoms with Crippen LogP contribution >= 0.6 is 0 Å². The first-order valence-electron chi connectivity index (χ1n) is 8.62. The van der Waals surface area contributed by atoms with Gasteiger partial charge in [-0.05, 0) is 63.2 Å². The van der Waals surface area contributed by atoms with Crippen molar-refractivity contribution in [3.05, 3.63) is 24.8 Å². The maximum absolute atomic E-state index is 4.17. The molecule has 6 nitrogen and oxygen atoms in total. The molecule has 6 heteroatoms. The lowest BCUT2D eigenvalue weighted by molar-refractivity contribution is 0.142. The molecule has 2 aromatic heterocycles. The Bertz CT molecular complexity index is 495. The summed E-state index contributed by atoms with van der Waals surface area (Å²) >= 11 is 0. The van der Waals surface area contributed by atoms with Gasteiger partial charge >= 0.3 is 0 Å². The van der Waals surface area contributed by atoms with Crippen LogP contribution in [0.3, 0.4) is 0 Å². The van der Waals surface area contributed by atoms with Crippen LogP contribution in [-0.4, -0.2) is 30.0 Å². The standard InChI is InChI=1S/C16H24N6/c1-5-15(21-11-9-17-19-21)6-2-13(1)14-3-7-16(8-4-14)22-12-10-18-20-22/h9-16H,1-8H2. The van der Waals surface area contributed by atoms with E-state index in [9.17, 15) is 0 Å². The molecule has 0 saturated heterocycles. The quantitative estimate of drug-likeness (QED) is 0.874. The second-order valence-corrected chi connectivity index (χ2v) is 6.90. The molecule has 22 heavy (non-hydrogen) atoms. The molecule has 118 valence electrons. The molecule has 2 heterocycles. The molecule has 0 aliphatic heterocycles. The van der Waals surface area contributed by atoms with Gasteiger partial charge in [0.25, 0.3) is 0 Å². The number of hydrogen-bond donors (Lipinski definition) is 0. The van der Waals surface area contributed by atoms with E-state index in [-0.39, 0.29) is 0 Å². The average molecular weight is 300 g/mol. The van der Waals surface area contributed by atoms with Gasteiger partial charge in [-0.3, -0.25) is 0 Å². The summed E-state index contributed by atoms with van der Waals surface area (Å²) in [7, 11) is 0. The summed E-state index contributed by atoms with van der Waals surface area (Å²) in [6, 6.07) is 1.15. The van der Waals surface area contributed by atoms with Gasteiger partial charge < -0.3 is 0 Å². The van der Waals surface area contributed by atoms with Crippen molar-refractivity contribution < 1.29 is 0 Å². The Hall–Kier alpha value is -1.72. The first-order chi connectivity index (χ1) is 10.9. The second-order valence-electron chi connectivity index (χ2n) is 6.90. The van der Waals surface area contributed by atoms with Gasteiger partial charge in [0, 0.05) is 12.4 Å². The normalized spacial score (nSPS) is 32.9. The minimum Gasteiger partial charge on any atom is -0.250 e. The molecule has 0 N–H and O–H groups in total. The van der Waals surface area contributed by atoms with E-state index in [1.54, 1.807) is 12.4 Å². The second kappa shape index (κ2) is 6.18. The van der Waals surface area contributed by atoms with Gasteiger partial charge in [-0.25, -0.2) is 9.36 Å². The van der Waals surface area contributed by atoms with Gasteiger partial charge in [0.15, 0.2) is 0 Å². The van der Waals surface area contributed by atoms with Gasteiger partial charge in [-0.2, -0.15) is 0 Å². The molecule has 2 fully saturated rings. The van der Waals surface area contributed by atoms with Crippen molar-refractivity contribution in [1.82, 2.24) is 30.0 Å². The third kappa shape index (κ3) is 2.78. The lowest BCUT2D eigenvalue weighted by Gasteiger charge is -2.37. The maximum Gasteiger partial charge on any atom is 0.0693 e. The van der Waals surface area contributed by atoms with Crippen molar-refractivity contribution in [2.45, 2.75) is 63.5 Å². The summed E-state index contributed by atoms with van der Waals surface area (Å²) < 4.78 is 4.11.